The molecule has 0 radical (unpaired) electrons. The van der Waals surface area contributed by atoms with Crippen molar-refractivity contribution in [3.63, 3.8) is 0 Å². The van der Waals surface area contributed by atoms with Crippen LogP contribution in [0.1, 0.15) is 11.1 Å². The minimum absolute atomic E-state index is 0.0578. The van der Waals surface area contributed by atoms with E-state index in [-0.39, 0.29) is 17.5 Å². The van der Waals surface area contributed by atoms with Gasteiger partial charge in [0.05, 0.1) is 30.1 Å². The third kappa shape index (κ3) is 2.75. The van der Waals surface area contributed by atoms with Gasteiger partial charge in [-0.3, -0.25) is 14.9 Å². The van der Waals surface area contributed by atoms with E-state index in [0.29, 0.717) is 0 Å². The highest BCUT2D eigenvalue weighted by atomic mass is 19.1. The molecular formula is C10H7FN2O4. The molecular weight excluding hydrogens is 231 g/mol. The zero-order chi connectivity index (χ0) is 13.0. The number of nitro benzene ring substituents is 1. The van der Waals surface area contributed by atoms with Crippen molar-refractivity contribution >= 4 is 11.7 Å². The molecule has 0 fully saturated rings. The predicted octanol–water partition coefficient (Wildman–Crippen LogP) is 1.32. The van der Waals surface area contributed by atoms with Crippen LogP contribution in [0.2, 0.25) is 0 Å². The van der Waals surface area contributed by atoms with Crippen LogP contribution in [0.5, 0.6) is 0 Å². The van der Waals surface area contributed by atoms with Gasteiger partial charge in [-0.25, -0.2) is 0 Å². The van der Waals surface area contributed by atoms with Gasteiger partial charge in [-0.2, -0.15) is 9.65 Å². The van der Waals surface area contributed by atoms with Gasteiger partial charge in [0.1, 0.15) is 0 Å². The molecule has 0 saturated heterocycles. The lowest BCUT2D eigenvalue weighted by atomic mass is 10.0. The van der Waals surface area contributed by atoms with Crippen molar-refractivity contribution in [2.24, 2.45) is 0 Å². The molecule has 0 atom stereocenters. The summed E-state index contributed by atoms with van der Waals surface area (Å²) in [5.41, 5.74) is -0.860. The van der Waals surface area contributed by atoms with Crippen molar-refractivity contribution in [2.75, 3.05) is 7.11 Å². The number of nitro groups is 1. The zero-order valence-electron chi connectivity index (χ0n) is 8.77. The first kappa shape index (κ1) is 12.6. The number of carbonyl (C=O) groups excluding carboxylic acids is 1. The minimum atomic E-state index is -1.09. The molecule has 0 spiro atoms. The van der Waals surface area contributed by atoms with E-state index in [9.17, 15) is 19.3 Å². The third-order valence-corrected chi connectivity index (χ3v) is 2.05. The van der Waals surface area contributed by atoms with Gasteiger partial charge in [0.15, 0.2) is 0 Å². The van der Waals surface area contributed by atoms with Gasteiger partial charge in [0.25, 0.3) is 0 Å². The van der Waals surface area contributed by atoms with Crippen LogP contribution < -0.4 is 0 Å². The van der Waals surface area contributed by atoms with E-state index < -0.39 is 22.4 Å². The molecule has 7 heteroatoms. The fraction of sp³-hybridized carbons (Fsp3) is 0.200. The van der Waals surface area contributed by atoms with Gasteiger partial charge in [0, 0.05) is 6.07 Å². The number of hydrogen-bond donors (Lipinski definition) is 0. The number of methoxy groups -OCH3 is 1. The standard InChI is InChI=1S/C10H7FN2O4/c1-17-10(14)4-6-2-8(11)9(13(15)16)3-7(6)5-12/h2-3H,4H2,1H3. The molecule has 88 valence electrons. The Morgan fingerprint density at radius 1 is 1.65 bits per heavy atom. The van der Waals surface area contributed by atoms with E-state index in [0.717, 1.165) is 19.2 Å². The molecule has 1 rings (SSSR count). The molecule has 0 aliphatic heterocycles. The lowest BCUT2D eigenvalue weighted by molar-refractivity contribution is -0.387. The minimum Gasteiger partial charge on any atom is -0.469 e. The second-order valence-electron chi connectivity index (χ2n) is 3.08. The molecule has 1 aromatic carbocycles. The molecule has 0 heterocycles. The van der Waals surface area contributed by atoms with Crippen LogP contribution >= 0.6 is 0 Å². The lowest BCUT2D eigenvalue weighted by Gasteiger charge is -2.03. The van der Waals surface area contributed by atoms with Crippen LogP contribution in [-0.2, 0) is 16.0 Å². The molecule has 0 saturated carbocycles. The summed E-state index contributed by atoms with van der Waals surface area (Å²) in [7, 11) is 1.15. The Morgan fingerprint density at radius 2 is 2.29 bits per heavy atom. The maximum atomic E-state index is 13.3. The van der Waals surface area contributed by atoms with Gasteiger partial charge >= 0.3 is 11.7 Å². The van der Waals surface area contributed by atoms with E-state index in [1.54, 1.807) is 6.07 Å². The average Bonchev–Trinajstić information content (AvgIpc) is 2.28. The summed E-state index contributed by atoms with van der Waals surface area (Å²) in [6.07, 6.45) is -0.311. The van der Waals surface area contributed by atoms with Crippen LogP contribution in [0.15, 0.2) is 12.1 Å². The molecule has 6 nitrogen and oxygen atoms in total. The first-order valence-electron chi connectivity index (χ1n) is 4.43. The third-order valence-electron chi connectivity index (χ3n) is 2.05. The Bertz CT molecular complexity index is 522. The summed E-state index contributed by atoms with van der Waals surface area (Å²) in [6, 6.07) is 3.27. The SMILES string of the molecule is COC(=O)Cc1cc(F)c([N+](=O)[O-])cc1C#N. The van der Waals surface area contributed by atoms with Crippen LogP contribution in [-0.4, -0.2) is 18.0 Å². The number of nitrogens with zero attached hydrogens (tertiary/aromatic N) is 2. The normalized spacial score (nSPS) is 9.47. The smallest absolute Gasteiger partial charge is 0.310 e. The molecule has 17 heavy (non-hydrogen) atoms. The second-order valence-corrected chi connectivity index (χ2v) is 3.08. The number of ether oxygens (including phenoxy) is 1. The van der Waals surface area contributed by atoms with Gasteiger partial charge in [-0.05, 0) is 11.6 Å². The van der Waals surface area contributed by atoms with Gasteiger partial charge in [-0.1, -0.05) is 0 Å². The number of carbonyl (C=O) groups is 1. The van der Waals surface area contributed by atoms with E-state index >= 15 is 0 Å². The summed E-state index contributed by atoms with van der Waals surface area (Å²) in [5, 5.41) is 19.2. The molecule has 0 unspecified atom stereocenters. The monoisotopic (exact) mass is 238 g/mol. The predicted molar refractivity (Wildman–Crippen MR) is 53.5 cm³/mol. The van der Waals surface area contributed by atoms with Gasteiger partial charge < -0.3 is 4.74 Å². The maximum Gasteiger partial charge on any atom is 0.310 e. The summed E-state index contributed by atoms with van der Waals surface area (Å²) >= 11 is 0. The van der Waals surface area contributed by atoms with E-state index in [4.69, 9.17) is 5.26 Å². The Hall–Kier alpha value is -2.49. The Kier molecular flexibility index (Phi) is 3.72. The second kappa shape index (κ2) is 5.03. The van der Waals surface area contributed by atoms with Crippen molar-refractivity contribution in [3.05, 3.63) is 39.2 Å². The van der Waals surface area contributed by atoms with Crippen molar-refractivity contribution < 1.29 is 18.8 Å². The maximum absolute atomic E-state index is 13.3. The molecule has 0 aliphatic rings. The Balaban J connectivity index is 3.25. The molecule has 0 bridgehead atoms. The van der Waals surface area contributed by atoms with E-state index in [1.807, 2.05) is 0 Å². The highest BCUT2D eigenvalue weighted by Gasteiger charge is 2.19. The summed E-state index contributed by atoms with van der Waals surface area (Å²) in [6.45, 7) is 0. The highest BCUT2D eigenvalue weighted by Crippen LogP contribution is 2.22. The highest BCUT2D eigenvalue weighted by molar-refractivity contribution is 5.73. The first-order valence-corrected chi connectivity index (χ1v) is 4.43. The Labute approximate surface area is 95.4 Å². The first-order chi connectivity index (χ1) is 7.99. The number of esters is 1. The fourth-order valence-electron chi connectivity index (χ4n) is 1.22. The molecule has 0 aliphatic carbocycles. The number of halogens is 1. The van der Waals surface area contributed by atoms with Gasteiger partial charge in [-0.15, -0.1) is 0 Å². The van der Waals surface area contributed by atoms with Crippen molar-refractivity contribution in [1.29, 1.82) is 5.26 Å². The van der Waals surface area contributed by atoms with Crippen molar-refractivity contribution in [3.8, 4) is 6.07 Å². The van der Waals surface area contributed by atoms with Crippen LogP contribution in [0.4, 0.5) is 10.1 Å². The van der Waals surface area contributed by atoms with Crippen LogP contribution in [0, 0.1) is 27.3 Å². The van der Waals surface area contributed by atoms with Crippen LogP contribution in [0.25, 0.3) is 0 Å². The lowest BCUT2D eigenvalue weighted by Crippen LogP contribution is -2.07. The van der Waals surface area contributed by atoms with Crippen LogP contribution in [0.3, 0.4) is 0 Å². The van der Waals surface area contributed by atoms with Crippen molar-refractivity contribution in [1.82, 2.24) is 0 Å². The zero-order valence-corrected chi connectivity index (χ0v) is 8.77. The fourth-order valence-corrected chi connectivity index (χ4v) is 1.22. The molecule has 0 N–H and O–H groups in total. The number of benzene rings is 1. The number of nitriles is 1. The Morgan fingerprint density at radius 3 is 2.76 bits per heavy atom. The van der Waals surface area contributed by atoms with Crippen molar-refractivity contribution in [2.45, 2.75) is 6.42 Å². The summed E-state index contributed by atoms with van der Waals surface area (Å²) < 4.78 is 17.6. The number of rotatable bonds is 3. The average molecular weight is 238 g/mol. The topological polar surface area (TPSA) is 93.2 Å². The van der Waals surface area contributed by atoms with E-state index in [1.165, 1.54) is 0 Å². The van der Waals surface area contributed by atoms with E-state index in [2.05, 4.69) is 4.74 Å². The molecule has 0 amide bonds. The largest absolute Gasteiger partial charge is 0.469 e. The van der Waals surface area contributed by atoms with Gasteiger partial charge in [0.2, 0.25) is 5.82 Å². The molecule has 0 aromatic heterocycles. The number of hydrogen-bond acceptors (Lipinski definition) is 5. The quantitative estimate of drug-likeness (QED) is 0.449. The summed E-state index contributed by atoms with van der Waals surface area (Å²) in [5.74, 6) is -1.75. The summed E-state index contributed by atoms with van der Waals surface area (Å²) in [4.78, 5) is 20.5. The molecule has 1 aromatic rings.